The van der Waals surface area contributed by atoms with E-state index >= 15 is 0 Å². The topological polar surface area (TPSA) is 108 Å². The maximum absolute atomic E-state index is 12.0. The van der Waals surface area contributed by atoms with Crippen LogP contribution < -0.4 is 11.1 Å². The van der Waals surface area contributed by atoms with Crippen molar-refractivity contribution in [2.24, 2.45) is 0 Å². The number of methoxy groups -OCH3 is 1. The molecule has 2 aromatic carbocycles. The van der Waals surface area contributed by atoms with E-state index in [9.17, 15) is 14.4 Å². The van der Waals surface area contributed by atoms with Gasteiger partial charge in [-0.3, -0.25) is 4.79 Å². The highest BCUT2D eigenvalue weighted by atomic mass is 35.5. The van der Waals surface area contributed by atoms with Gasteiger partial charge >= 0.3 is 11.9 Å². The van der Waals surface area contributed by atoms with Gasteiger partial charge in [-0.05, 0) is 36.4 Å². The Morgan fingerprint density at radius 2 is 1.73 bits per heavy atom. The van der Waals surface area contributed by atoms with Crippen LogP contribution in [-0.4, -0.2) is 31.6 Å². The second-order valence-corrected chi connectivity index (χ2v) is 5.89. The summed E-state index contributed by atoms with van der Waals surface area (Å²) in [5.74, 6) is -1.89. The maximum atomic E-state index is 12.0. The van der Waals surface area contributed by atoms with Crippen LogP contribution in [0.15, 0.2) is 36.4 Å². The summed E-state index contributed by atoms with van der Waals surface area (Å²) in [5.41, 5.74) is 6.45. The minimum atomic E-state index is -0.830. The highest BCUT2D eigenvalue weighted by molar-refractivity contribution is 6.37. The fourth-order valence-electron chi connectivity index (χ4n) is 1.97. The molecule has 0 aliphatic heterocycles. The zero-order valence-corrected chi connectivity index (χ0v) is 15.1. The number of ether oxygens (including phenoxy) is 2. The van der Waals surface area contributed by atoms with Gasteiger partial charge in [0.25, 0.3) is 5.91 Å². The summed E-state index contributed by atoms with van der Waals surface area (Å²) in [6.07, 6.45) is 0. The van der Waals surface area contributed by atoms with Gasteiger partial charge in [0, 0.05) is 10.7 Å². The number of esters is 2. The van der Waals surface area contributed by atoms with Crippen LogP contribution in [0.5, 0.6) is 0 Å². The molecule has 0 saturated carbocycles. The molecule has 2 rings (SSSR count). The van der Waals surface area contributed by atoms with Crippen molar-refractivity contribution in [1.82, 2.24) is 0 Å². The van der Waals surface area contributed by atoms with E-state index in [1.165, 1.54) is 43.5 Å². The first-order valence-corrected chi connectivity index (χ1v) is 7.97. The Morgan fingerprint density at radius 3 is 2.35 bits per heavy atom. The fraction of sp³-hybridized carbons (Fsp3) is 0.118. The molecule has 0 aromatic heterocycles. The number of benzene rings is 2. The summed E-state index contributed by atoms with van der Waals surface area (Å²) < 4.78 is 9.49. The number of hydrogen-bond donors (Lipinski definition) is 2. The average Bonchev–Trinajstić information content (AvgIpc) is 2.62. The molecule has 26 heavy (non-hydrogen) atoms. The number of nitrogens with one attached hydrogen (secondary N) is 1. The van der Waals surface area contributed by atoms with Crippen molar-refractivity contribution in [2.45, 2.75) is 0 Å². The lowest BCUT2D eigenvalue weighted by Gasteiger charge is -2.09. The highest BCUT2D eigenvalue weighted by Gasteiger charge is 2.16. The van der Waals surface area contributed by atoms with E-state index in [-0.39, 0.29) is 21.3 Å². The van der Waals surface area contributed by atoms with Crippen LogP contribution in [0, 0.1) is 0 Å². The lowest BCUT2D eigenvalue weighted by molar-refractivity contribution is -0.119. The minimum Gasteiger partial charge on any atom is -0.465 e. The molecule has 7 nitrogen and oxygen atoms in total. The summed E-state index contributed by atoms with van der Waals surface area (Å²) in [7, 11) is 1.27. The Labute approximate surface area is 159 Å². The van der Waals surface area contributed by atoms with Crippen LogP contribution in [0.3, 0.4) is 0 Å². The van der Waals surface area contributed by atoms with E-state index in [1.54, 1.807) is 0 Å². The summed E-state index contributed by atoms with van der Waals surface area (Å²) in [4.78, 5) is 35.2. The van der Waals surface area contributed by atoms with Gasteiger partial charge in [0.2, 0.25) is 0 Å². The number of nitrogen functional groups attached to an aromatic ring is 1. The number of carbonyl (C=O) groups is 3. The predicted molar refractivity (Wildman–Crippen MR) is 97.6 cm³/mol. The Balaban J connectivity index is 1.94. The summed E-state index contributed by atoms with van der Waals surface area (Å²) in [6.45, 7) is -0.541. The molecular weight excluding hydrogens is 383 g/mol. The number of halogens is 2. The molecule has 0 atom stereocenters. The fourth-order valence-corrected chi connectivity index (χ4v) is 2.46. The summed E-state index contributed by atoms with van der Waals surface area (Å²) >= 11 is 11.7. The normalized spacial score (nSPS) is 10.1. The van der Waals surface area contributed by atoms with Crippen LogP contribution in [-0.2, 0) is 14.3 Å². The van der Waals surface area contributed by atoms with Gasteiger partial charge < -0.3 is 20.5 Å². The van der Waals surface area contributed by atoms with Crippen LogP contribution in [0.4, 0.5) is 11.4 Å². The smallest absolute Gasteiger partial charge is 0.340 e. The van der Waals surface area contributed by atoms with Crippen LogP contribution in [0.1, 0.15) is 20.7 Å². The molecule has 136 valence electrons. The molecule has 9 heteroatoms. The van der Waals surface area contributed by atoms with Crippen molar-refractivity contribution >= 4 is 52.4 Å². The van der Waals surface area contributed by atoms with E-state index in [4.69, 9.17) is 33.7 Å². The largest absolute Gasteiger partial charge is 0.465 e. The van der Waals surface area contributed by atoms with Crippen molar-refractivity contribution in [1.29, 1.82) is 0 Å². The molecule has 1 amide bonds. The van der Waals surface area contributed by atoms with Crippen LogP contribution >= 0.6 is 23.2 Å². The van der Waals surface area contributed by atoms with Gasteiger partial charge in [-0.1, -0.05) is 23.2 Å². The third-order valence-corrected chi connectivity index (χ3v) is 3.77. The number of amides is 1. The number of hydrogen-bond acceptors (Lipinski definition) is 6. The monoisotopic (exact) mass is 396 g/mol. The van der Waals surface area contributed by atoms with Gasteiger partial charge in [0.05, 0.1) is 28.9 Å². The number of nitrogens with two attached hydrogens (primary N) is 1. The molecule has 0 spiro atoms. The molecular formula is C17H14Cl2N2O5. The van der Waals surface area contributed by atoms with Crippen molar-refractivity contribution < 1.29 is 23.9 Å². The first kappa shape index (κ1) is 19.6. The Hall–Kier alpha value is -2.77. The lowest BCUT2D eigenvalue weighted by atomic mass is 10.2. The quantitative estimate of drug-likeness (QED) is 0.593. The van der Waals surface area contributed by atoms with Gasteiger partial charge in [-0.25, -0.2) is 9.59 Å². The number of carbonyl (C=O) groups excluding carboxylic acids is 3. The SMILES string of the molecule is COC(=O)c1ccc(NC(=O)COC(=O)c2cc(Cl)cc(Cl)c2N)cc1. The molecule has 0 bridgehead atoms. The van der Waals surface area contributed by atoms with Gasteiger partial charge in [-0.2, -0.15) is 0 Å². The molecule has 0 heterocycles. The molecule has 0 aliphatic carbocycles. The van der Waals surface area contributed by atoms with Gasteiger partial charge in [0.1, 0.15) is 0 Å². The van der Waals surface area contributed by atoms with E-state index in [1.807, 2.05) is 0 Å². The molecule has 0 unspecified atom stereocenters. The van der Waals surface area contributed by atoms with Gasteiger partial charge in [-0.15, -0.1) is 0 Å². The van der Waals surface area contributed by atoms with Gasteiger partial charge in [0.15, 0.2) is 6.61 Å². The van der Waals surface area contributed by atoms with Crippen LogP contribution in [0.25, 0.3) is 0 Å². The van der Waals surface area contributed by atoms with Crippen molar-refractivity contribution in [3.05, 3.63) is 57.6 Å². The Kier molecular flexibility index (Phi) is 6.43. The Morgan fingerprint density at radius 1 is 1.08 bits per heavy atom. The summed E-state index contributed by atoms with van der Waals surface area (Å²) in [5, 5.41) is 2.84. The first-order valence-electron chi connectivity index (χ1n) is 7.21. The molecule has 3 N–H and O–H groups in total. The van der Waals surface area contributed by atoms with E-state index in [0.29, 0.717) is 11.3 Å². The molecule has 2 aromatic rings. The van der Waals surface area contributed by atoms with E-state index in [0.717, 1.165) is 0 Å². The minimum absolute atomic E-state index is 0.0138. The zero-order valence-electron chi connectivity index (χ0n) is 13.5. The second-order valence-electron chi connectivity index (χ2n) is 5.04. The van der Waals surface area contributed by atoms with Crippen molar-refractivity contribution in [2.75, 3.05) is 24.8 Å². The second kappa shape index (κ2) is 8.55. The average molecular weight is 397 g/mol. The van der Waals surface area contributed by atoms with E-state index < -0.39 is 24.5 Å². The van der Waals surface area contributed by atoms with Crippen molar-refractivity contribution in [3.8, 4) is 0 Å². The third kappa shape index (κ3) is 4.87. The molecule has 0 radical (unpaired) electrons. The molecule has 0 fully saturated rings. The highest BCUT2D eigenvalue weighted by Crippen LogP contribution is 2.28. The number of rotatable bonds is 5. The Bertz CT molecular complexity index is 853. The standard InChI is InChI=1S/C17H14Cl2N2O5/c1-25-16(23)9-2-4-11(5-3-9)21-14(22)8-26-17(24)12-6-10(18)7-13(19)15(12)20/h2-7H,8,20H2,1H3,(H,21,22). The molecule has 0 aliphatic rings. The first-order chi connectivity index (χ1) is 12.3. The van der Waals surface area contributed by atoms with E-state index in [2.05, 4.69) is 10.1 Å². The predicted octanol–water partition coefficient (Wildman–Crippen LogP) is 3.16. The molecule has 0 saturated heterocycles. The summed E-state index contributed by atoms with van der Waals surface area (Å²) in [6, 6.07) is 8.69. The zero-order chi connectivity index (χ0) is 19.3. The third-order valence-electron chi connectivity index (χ3n) is 3.24. The lowest BCUT2D eigenvalue weighted by Crippen LogP contribution is -2.21. The van der Waals surface area contributed by atoms with Crippen molar-refractivity contribution in [3.63, 3.8) is 0 Å². The number of anilines is 2. The van der Waals surface area contributed by atoms with Crippen LogP contribution in [0.2, 0.25) is 10.0 Å². The maximum Gasteiger partial charge on any atom is 0.340 e.